The zero-order valence-corrected chi connectivity index (χ0v) is 18.2. The van der Waals surface area contributed by atoms with E-state index in [0.29, 0.717) is 15.9 Å². The number of alkyl halides is 3. The molecule has 0 aliphatic carbocycles. The molecule has 0 spiro atoms. The number of carbonyl (C=O) groups is 2. The Balaban J connectivity index is 1.71. The minimum Gasteiger partial charge on any atom is -0.307 e. The van der Waals surface area contributed by atoms with Crippen molar-refractivity contribution in [3.8, 4) is 11.5 Å². The lowest BCUT2D eigenvalue weighted by Crippen LogP contribution is -2.51. The normalized spacial score (nSPS) is 11.3. The molecule has 174 valence electrons. The molecule has 12 heteroatoms. The first-order valence-electron chi connectivity index (χ1n) is 9.78. The van der Waals surface area contributed by atoms with Gasteiger partial charge in [-0.1, -0.05) is 24.3 Å². The van der Waals surface area contributed by atoms with Gasteiger partial charge >= 0.3 is 24.0 Å². The number of aromatic amines is 1. The number of fused-ring (bicyclic) bond motifs is 1. The van der Waals surface area contributed by atoms with Gasteiger partial charge in [0.1, 0.15) is 0 Å². The van der Waals surface area contributed by atoms with E-state index in [4.69, 9.17) is 0 Å². The summed E-state index contributed by atoms with van der Waals surface area (Å²) in [6.07, 6.45) is -3.64. The van der Waals surface area contributed by atoms with Crippen molar-refractivity contribution in [3.63, 3.8) is 0 Å². The number of halogens is 3. The largest absolute Gasteiger partial charge is 0.495 e. The number of hydrogen-bond acceptors (Lipinski definition) is 5. The molecule has 0 aliphatic heterocycles. The van der Waals surface area contributed by atoms with Gasteiger partial charge in [0, 0.05) is 29.4 Å². The average molecular weight is 488 g/mol. The fraction of sp³-hybridized carbons (Fsp3) is 0.0909. The van der Waals surface area contributed by atoms with E-state index < -0.39 is 18.2 Å². The van der Waals surface area contributed by atoms with E-state index in [0.717, 1.165) is 0 Å². The topological polar surface area (TPSA) is 91.2 Å². The third-order valence-electron chi connectivity index (χ3n) is 4.63. The number of nitrogens with zero attached hydrogens (tertiary/aromatic N) is 3. The van der Waals surface area contributed by atoms with Crippen LogP contribution in [0.3, 0.4) is 0 Å². The molecule has 0 atom stereocenters. The molecular weight excluding hydrogens is 471 g/mol. The number of amides is 2. The fourth-order valence-corrected chi connectivity index (χ4v) is 3.68. The predicted octanol–water partition coefficient (Wildman–Crippen LogP) is 4.32. The van der Waals surface area contributed by atoms with Crippen LogP contribution >= 0.6 is 11.3 Å². The number of rotatable bonds is 6. The van der Waals surface area contributed by atoms with Gasteiger partial charge in [0.15, 0.2) is 11.2 Å². The second-order valence-corrected chi connectivity index (χ2v) is 7.63. The molecule has 34 heavy (non-hydrogen) atoms. The summed E-state index contributed by atoms with van der Waals surface area (Å²) in [5.41, 5.74) is 3.12. The Labute approximate surface area is 194 Å². The molecule has 2 heterocycles. The number of thiazole rings is 1. The summed E-state index contributed by atoms with van der Waals surface area (Å²) >= 11 is 1.22. The molecule has 4 rings (SSSR count). The smallest absolute Gasteiger partial charge is 0.307 e. The summed E-state index contributed by atoms with van der Waals surface area (Å²) in [5, 5.41) is 4.29. The van der Waals surface area contributed by atoms with Crippen LogP contribution in [0.2, 0.25) is 0 Å². The highest BCUT2D eigenvalue weighted by atomic mass is 32.1. The first-order valence-corrected chi connectivity index (χ1v) is 10.7. The number of H-pyrrole nitrogens is 1. The lowest BCUT2D eigenvalue weighted by molar-refractivity contribution is -0.841. The summed E-state index contributed by atoms with van der Waals surface area (Å²) in [5.74, 6) is -2.36. The second-order valence-electron chi connectivity index (χ2n) is 6.92. The zero-order chi connectivity index (χ0) is 24.3. The number of imidazole rings is 1. The highest BCUT2D eigenvalue weighted by molar-refractivity contribution is 7.07. The first-order chi connectivity index (χ1) is 16.3. The summed E-state index contributed by atoms with van der Waals surface area (Å²) in [6.45, 7) is 3.89. The number of nitrogens with one attached hydrogen (secondary N) is 2. The van der Waals surface area contributed by atoms with Gasteiger partial charge in [0.25, 0.3) is 0 Å². The molecule has 2 N–H and O–H groups in total. The highest BCUT2D eigenvalue weighted by Gasteiger charge is 2.44. The molecule has 0 saturated heterocycles. The van der Waals surface area contributed by atoms with E-state index in [-0.39, 0.29) is 29.3 Å². The van der Waals surface area contributed by atoms with Gasteiger partial charge in [-0.3, -0.25) is 4.90 Å². The number of aromatic nitrogens is 3. The van der Waals surface area contributed by atoms with E-state index in [1.807, 2.05) is 6.07 Å². The lowest BCUT2D eigenvalue weighted by Gasteiger charge is -2.21. The van der Waals surface area contributed by atoms with Crippen LogP contribution in [0.4, 0.5) is 29.3 Å². The Hall–Kier alpha value is -4.19. The van der Waals surface area contributed by atoms with Crippen molar-refractivity contribution in [2.45, 2.75) is 6.18 Å². The standard InChI is InChI=1S/C22H16F3N5O3S/c1-2-10-29(15-6-4-3-5-7-15)21(32)27-14-8-9-16-18(11-14)30(33-20(31)22(23,24)25)19(28-16)17-12-34-13-26-17/h2-9,11-13H,1,10H2,(H,27,32)/p+1. The molecule has 4 aromatic rings. The van der Waals surface area contributed by atoms with Crippen molar-refractivity contribution in [2.24, 2.45) is 0 Å². The van der Waals surface area contributed by atoms with Gasteiger partial charge in [0.05, 0.1) is 5.51 Å². The number of urea groups is 1. The molecule has 0 saturated carbocycles. The third-order valence-corrected chi connectivity index (χ3v) is 5.22. The Kier molecular flexibility index (Phi) is 6.32. The first kappa shape index (κ1) is 23.0. The van der Waals surface area contributed by atoms with Crippen LogP contribution in [0.5, 0.6) is 0 Å². The Morgan fingerprint density at radius 2 is 2.00 bits per heavy atom. The van der Waals surface area contributed by atoms with Gasteiger partial charge in [0.2, 0.25) is 5.52 Å². The van der Waals surface area contributed by atoms with E-state index >= 15 is 0 Å². The van der Waals surface area contributed by atoms with Crippen LogP contribution in [-0.2, 0) is 4.79 Å². The van der Waals surface area contributed by atoms with Crippen LogP contribution in [0.1, 0.15) is 0 Å². The van der Waals surface area contributed by atoms with E-state index in [1.54, 1.807) is 47.9 Å². The highest BCUT2D eigenvalue weighted by Crippen LogP contribution is 2.23. The number of para-hydroxylation sites is 1. The fourth-order valence-electron chi connectivity index (χ4n) is 3.14. The number of anilines is 2. The maximum absolute atomic E-state index is 12.9. The second kappa shape index (κ2) is 9.35. The number of carbonyl (C=O) groups excluding carboxylic acids is 2. The van der Waals surface area contributed by atoms with Crippen molar-refractivity contribution >= 4 is 45.7 Å². The quantitative estimate of drug-likeness (QED) is 0.312. The maximum atomic E-state index is 12.9. The van der Waals surface area contributed by atoms with Gasteiger partial charge in [-0.15, -0.1) is 17.9 Å². The van der Waals surface area contributed by atoms with Crippen LogP contribution in [0.15, 0.2) is 72.1 Å². The Bertz CT molecular complexity index is 1340. The van der Waals surface area contributed by atoms with Crippen molar-refractivity contribution in [1.82, 2.24) is 9.97 Å². The summed E-state index contributed by atoms with van der Waals surface area (Å²) in [6, 6.07) is 12.9. The van der Waals surface area contributed by atoms with Crippen LogP contribution in [0, 0.1) is 0 Å². The molecule has 2 amide bonds. The van der Waals surface area contributed by atoms with Crippen molar-refractivity contribution in [3.05, 3.63) is 72.1 Å². The molecule has 0 unspecified atom stereocenters. The Morgan fingerprint density at radius 3 is 2.65 bits per heavy atom. The summed E-state index contributed by atoms with van der Waals surface area (Å²) in [4.78, 5) is 37.6. The molecule has 0 aliphatic rings. The van der Waals surface area contributed by atoms with E-state index in [9.17, 15) is 22.8 Å². The van der Waals surface area contributed by atoms with Crippen LogP contribution in [0.25, 0.3) is 22.6 Å². The van der Waals surface area contributed by atoms with Crippen LogP contribution < -0.4 is 19.8 Å². The van der Waals surface area contributed by atoms with Crippen molar-refractivity contribution in [2.75, 3.05) is 16.8 Å². The average Bonchev–Trinajstić information content (AvgIpc) is 3.46. The number of benzene rings is 2. The van der Waals surface area contributed by atoms with E-state index in [1.165, 1.54) is 27.8 Å². The van der Waals surface area contributed by atoms with Crippen LogP contribution in [-0.4, -0.2) is 34.7 Å². The van der Waals surface area contributed by atoms with Crippen molar-refractivity contribution < 1.29 is 32.3 Å². The van der Waals surface area contributed by atoms with E-state index in [2.05, 4.69) is 26.7 Å². The minimum absolute atomic E-state index is 0.0369. The monoisotopic (exact) mass is 488 g/mol. The van der Waals surface area contributed by atoms with Crippen molar-refractivity contribution in [1.29, 1.82) is 0 Å². The molecule has 0 bridgehead atoms. The zero-order valence-electron chi connectivity index (χ0n) is 17.4. The minimum atomic E-state index is -5.21. The summed E-state index contributed by atoms with van der Waals surface area (Å²) in [7, 11) is 0. The molecule has 0 radical (unpaired) electrons. The molecule has 8 nitrogen and oxygen atoms in total. The van der Waals surface area contributed by atoms with Gasteiger partial charge < -0.3 is 5.32 Å². The van der Waals surface area contributed by atoms with Gasteiger partial charge in [-0.25, -0.2) is 24.4 Å². The SMILES string of the molecule is C=CCN(C(=O)Nc1ccc2[nH]c(-c3cscn3)[n+](OC(=O)C(F)(F)F)c2c1)c1ccccc1. The predicted molar refractivity (Wildman–Crippen MR) is 120 cm³/mol. The summed E-state index contributed by atoms with van der Waals surface area (Å²) < 4.78 is 39.4. The van der Waals surface area contributed by atoms with Gasteiger partial charge in [-0.2, -0.15) is 13.2 Å². The molecule has 2 aromatic heterocycles. The Morgan fingerprint density at radius 1 is 1.24 bits per heavy atom. The molecule has 2 aromatic carbocycles. The van der Waals surface area contributed by atoms with Gasteiger partial charge in [-0.05, 0) is 29.0 Å². The lowest BCUT2D eigenvalue weighted by atomic mass is 10.2. The molecular formula is C22H17F3N5O3S+. The molecule has 0 fully saturated rings. The number of hydrogen-bond donors (Lipinski definition) is 2. The maximum Gasteiger partial charge on any atom is 0.495 e. The third kappa shape index (κ3) is 4.76.